The lowest BCUT2D eigenvalue weighted by atomic mass is 10.1. The summed E-state index contributed by atoms with van der Waals surface area (Å²) in [7, 11) is 0.389. The van der Waals surface area contributed by atoms with Gasteiger partial charge in [-0.15, -0.1) is 7.92 Å². The molecule has 0 aliphatic heterocycles. The highest BCUT2D eigenvalue weighted by atomic mass is 31.1. The normalized spacial score (nSPS) is 11.4. The molecule has 0 saturated heterocycles. The number of hydrogen-bond acceptors (Lipinski definition) is 0. The Hall–Kier alpha value is 0.430. The molecule has 0 aliphatic rings. The molecule has 0 unspecified atom stereocenters. The summed E-state index contributed by atoms with van der Waals surface area (Å²) in [5.41, 5.74) is 0. The van der Waals surface area contributed by atoms with Crippen LogP contribution in [0.25, 0.3) is 0 Å². The van der Waals surface area contributed by atoms with E-state index in [0.717, 1.165) is 0 Å². The summed E-state index contributed by atoms with van der Waals surface area (Å²) in [6.07, 6.45) is 23.7. The van der Waals surface area contributed by atoms with Crippen LogP contribution in [0.4, 0.5) is 0 Å². The quantitative estimate of drug-likeness (QED) is 0.203. The van der Waals surface area contributed by atoms with Crippen LogP contribution in [0, 0.1) is 0 Å². The Morgan fingerprint density at radius 1 is 0.400 bits per heavy atom. The van der Waals surface area contributed by atoms with Gasteiger partial charge in [-0.05, 0) is 37.7 Å². The Kier molecular flexibility index (Phi) is 17.9. The lowest BCUT2D eigenvalue weighted by Gasteiger charge is -2.17. The Labute approximate surface area is 131 Å². The third-order valence-corrected chi connectivity index (χ3v) is 7.08. The molecule has 0 aromatic rings. The van der Waals surface area contributed by atoms with Crippen molar-refractivity contribution in [3.05, 3.63) is 0 Å². The Balaban J connectivity index is 3.56. The lowest BCUT2D eigenvalue weighted by Crippen LogP contribution is -1.96. The molecule has 0 amide bonds. The van der Waals surface area contributed by atoms with Crippen molar-refractivity contribution >= 4 is 7.92 Å². The Morgan fingerprint density at radius 2 is 0.700 bits per heavy atom. The number of unbranched alkanes of at least 4 members (excludes halogenated alkanes) is 10. The maximum atomic E-state index is 2.33. The zero-order valence-electron chi connectivity index (χ0n) is 14.8. The minimum absolute atomic E-state index is 0.389. The van der Waals surface area contributed by atoms with Gasteiger partial charge in [0.2, 0.25) is 0 Å². The highest BCUT2D eigenvalue weighted by Crippen LogP contribution is 2.39. The average molecular weight is 301 g/mol. The van der Waals surface area contributed by atoms with Gasteiger partial charge < -0.3 is 0 Å². The van der Waals surface area contributed by atoms with Crippen LogP contribution in [0.3, 0.4) is 0 Å². The van der Waals surface area contributed by atoms with Gasteiger partial charge in [-0.25, -0.2) is 0 Å². The SMILES string of the molecule is CCCCCCCCCP(CCCCC)CCCCC. The van der Waals surface area contributed by atoms with Crippen LogP contribution >= 0.6 is 7.92 Å². The molecule has 0 fully saturated rings. The predicted octanol–water partition coefficient (Wildman–Crippen LogP) is 7.60. The minimum Gasteiger partial charge on any atom is -0.107 e. The van der Waals surface area contributed by atoms with Crippen LogP contribution in [0.1, 0.15) is 104 Å². The number of rotatable bonds is 16. The van der Waals surface area contributed by atoms with E-state index in [2.05, 4.69) is 20.8 Å². The van der Waals surface area contributed by atoms with Crippen molar-refractivity contribution in [3.63, 3.8) is 0 Å². The summed E-state index contributed by atoms with van der Waals surface area (Å²) in [4.78, 5) is 0. The second-order valence-corrected chi connectivity index (χ2v) is 9.06. The van der Waals surface area contributed by atoms with Gasteiger partial charge in [0.25, 0.3) is 0 Å². The van der Waals surface area contributed by atoms with Crippen molar-refractivity contribution in [2.24, 2.45) is 0 Å². The first-order chi connectivity index (χ1) is 9.85. The summed E-state index contributed by atoms with van der Waals surface area (Å²) in [6, 6.07) is 0. The molecule has 0 rings (SSSR count). The third-order valence-electron chi connectivity index (χ3n) is 4.23. The molecule has 0 N–H and O–H groups in total. The first kappa shape index (κ1) is 20.4. The molecule has 1 heteroatoms. The van der Waals surface area contributed by atoms with Gasteiger partial charge in [0, 0.05) is 0 Å². The van der Waals surface area contributed by atoms with E-state index in [0.29, 0.717) is 7.92 Å². The van der Waals surface area contributed by atoms with E-state index < -0.39 is 0 Å². The molecule has 0 heterocycles. The van der Waals surface area contributed by atoms with Gasteiger partial charge in [0.1, 0.15) is 0 Å². The van der Waals surface area contributed by atoms with Crippen molar-refractivity contribution in [1.82, 2.24) is 0 Å². The topological polar surface area (TPSA) is 0 Å². The third kappa shape index (κ3) is 14.8. The molecule has 0 nitrogen and oxygen atoms in total. The van der Waals surface area contributed by atoms with E-state index >= 15 is 0 Å². The fraction of sp³-hybridized carbons (Fsp3) is 1.00. The number of hydrogen-bond donors (Lipinski definition) is 0. The largest absolute Gasteiger partial charge is 0.107 e. The summed E-state index contributed by atoms with van der Waals surface area (Å²) in [6.45, 7) is 6.96. The second-order valence-electron chi connectivity index (χ2n) is 6.38. The molecule has 0 saturated carbocycles. The standard InChI is InChI=1S/C19H41P/c1-4-7-10-11-12-13-16-19-20(17-14-8-5-2)18-15-9-6-3/h4-19H2,1-3H3. The highest BCUT2D eigenvalue weighted by Gasteiger charge is 2.07. The molecular formula is C19H41P. The molecule has 0 spiro atoms. The fourth-order valence-electron chi connectivity index (χ4n) is 2.80. The van der Waals surface area contributed by atoms with E-state index in [1.807, 2.05) is 0 Å². The summed E-state index contributed by atoms with van der Waals surface area (Å²) in [5, 5.41) is 0. The van der Waals surface area contributed by atoms with Crippen LogP contribution in [-0.2, 0) is 0 Å². The maximum Gasteiger partial charge on any atom is -0.0326 e. The zero-order chi connectivity index (χ0) is 14.9. The summed E-state index contributed by atoms with van der Waals surface area (Å²) >= 11 is 0. The van der Waals surface area contributed by atoms with Crippen molar-refractivity contribution in [2.75, 3.05) is 18.5 Å². The Morgan fingerprint density at radius 3 is 1.15 bits per heavy atom. The van der Waals surface area contributed by atoms with Gasteiger partial charge in [-0.1, -0.05) is 85.0 Å². The summed E-state index contributed by atoms with van der Waals surface area (Å²) < 4.78 is 0. The highest BCUT2D eigenvalue weighted by molar-refractivity contribution is 7.57. The summed E-state index contributed by atoms with van der Waals surface area (Å²) in [5.74, 6) is 0. The first-order valence-electron chi connectivity index (χ1n) is 9.57. The predicted molar refractivity (Wildman–Crippen MR) is 98.6 cm³/mol. The average Bonchev–Trinajstić information content (AvgIpc) is 2.46. The molecule has 20 heavy (non-hydrogen) atoms. The van der Waals surface area contributed by atoms with Crippen molar-refractivity contribution in [2.45, 2.75) is 104 Å². The van der Waals surface area contributed by atoms with Crippen LogP contribution in [-0.4, -0.2) is 18.5 Å². The minimum atomic E-state index is 0.389. The van der Waals surface area contributed by atoms with E-state index in [4.69, 9.17) is 0 Å². The fourth-order valence-corrected chi connectivity index (χ4v) is 5.48. The van der Waals surface area contributed by atoms with Gasteiger partial charge in [-0.3, -0.25) is 0 Å². The van der Waals surface area contributed by atoms with Gasteiger partial charge >= 0.3 is 0 Å². The first-order valence-corrected chi connectivity index (χ1v) is 11.5. The molecule has 0 bridgehead atoms. The molecular weight excluding hydrogens is 259 g/mol. The van der Waals surface area contributed by atoms with Gasteiger partial charge in [0.15, 0.2) is 0 Å². The van der Waals surface area contributed by atoms with Crippen LogP contribution in [0.15, 0.2) is 0 Å². The maximum absolute atomic E-state index is 2.33. The zero-order valence-corrected chi connectivity index (χ0v) is 15.7. The second kappa shape index (κ2) is 17.5. The van der Waals surface area contributed by atoms with E-state index in [-0.39, 0.29) is 0 Å². The van der Waals surface area contributed by atoms with Crippen molar-refractivity contribution in [3.8, 4) is 0 Å². The van der Waals surface area contributed by atoms with Crippen LogP contribution in [0.5, 0.6) is 0 Å². The molecule has 0 aliphatic carbocycles. The monoisotopic (exact) mass is 300 g/mol. The van der Waals surface area contributed by atoms with E-state index in [1.54, 1.807) is 18.5 Å². The van der Waals surface area contributed by atoms with Gasteiger partial charge in [0.05, 0.1) is 0 Å². The Bertz CT molecular complexity index is 157. The van der Waals surface area contributed by atoms with E-state index in [1.165, 1.54) is 83.5 Å². The molecule has 0 aromatic heterocycles. The lowest BCUT2D eigenvalue weighted by molar-refractivity contribution is 0.602. The van der Waals surface area contributed by atoms with E-state index in [9.17, 15) is 0 Å². The molecule has 0 atom stereocenters. The smallest absolute Gasteiger partial charge is 0.0326 e. The van der Waals surface area contributed by atoms with Crippen LogP contribution in [0.2, 0.25) is 0 Å². The van der Waals surface area contributed by atoms with Crippen molar-refractivity contribution in [1.29, 1.82) is 0 Å². The van der Waals surface area contributed by atoms with Crippen LogP contribution < -0.4 is 0 Å². The molecule has 122 valence electrons. The van der Waals surface area contributed by atoms with Crippen molar-refractivity contribution < 1.29 is 0 Å². The molecule has 0 aromatic carbocycles. The molecule has 0 radical (unpaired) electrons. The van der Waals surface area contributed by atoms with Gasteiger partial charge in [-0.2, -0.15) is 0 Å².